The molecule has 2 rings (SSSR count). The second-order valence-corrected chi connectivity index (χ2v) is 5.84. The van der Waals surface area contributed by atoms with Crippen molar-refractivity contribution in [1.29, 1.82) is 0 Å². The van der Waals surface area contributed by atoms with E-state index in [1.165, 1.54) is 16.8 Å². The van der Waals surface area contributed by atoms with Crippen molar-refractivity contribution in [2.75, 3.05) is 11.9 Å². The lowest BCUT2D eigenvalue weighted by atomic mass is 9.96. The second kappa shape index (κ2) is 4.10. The van der Waals surface area contributed by atoms with Gasteiger partial charge >= 0.3 is 0 Å². The Morgan fingerprint density at radius 1 is 1.31 bits per heavy atom. The number of hydrogen-bond acceptors (Lipinski definition) is 2. The normalized spacial score (nSPS) is 20.1. The van der Waals surface area contributed by atoms with Crippen molar-refractivity contribution in [1.82, 2.24) is 5.32 Å². The highest BCUT2D eigenvalue weighted by Crippen LogP contribution is 2.23. The molecule has 0 saturated carbocycles. The monoisotopic (exact) mass is 218 g/mol. The molecule has 0 bridgehead atoms. The van der Waals surface area contributed by atoms with Crippen LogP contribution in [0.1, 0.15) is 31.9 Å². The van der Waals surface area contributed by atoms with Crippen molar-refractivity contribution in [2.45, 2.75) is 45.7 Å². The van der Waals surface area contributed by atoms with E-state index in [-0.39, 0.29) is 5.54 Å². The fourth-order valence-corrected chi connectivity index (χ4v) is 2.32. The number of rotatable bonds is 1. The first-order valence-corrected chi connectivity index (χ1v) is 6.05. The van der Waals surface area contributed by atoms with E-state index >= 15 is 0 Å². The Labute approximate surface area is 98.4 Å². The molecule has 88 valence electrons. The van der Waals surface area contributed by atoms with E-state index in [1.807, 2.05) is 0 Å². The number of benzene rings is 1. The maximum Gasteiger partial charge on any atom is 0.0376 e. The molecule has 2 heteroatoms. The number of fused-ring (bicyclic) bond motifs is 1. The van der Waals surface area contributed by atoms with Gasteiger partial charge in [0.25, 0.3) is 0 Å². The zero-order valence-corrected chi connectivity index (χ0v) is 10.7. The molecule has 1 aromatic rings. The predicted molar refractivity (Wildman–Crippen MR) is 70.0 cm³/mol. The first kappa shape index (κ1) is 11.5. The van der Waals surface area contributed by atoms with E-state index in [0.29, 0.717) is 6.04 Å². The molecule has 0 fully saturated rings. The Morgan fingerprint density at radius 3 is 2.75 bits per heavy atom. The van der Waals surface area contributed by atoms with Gasteiger partial charge in [-0.15, -0.1) is 0 Å². The lowest BCUT2D eigenvalue weighted by Crippen LogP contribution is -2.49. The minimum Gasteiger partial charge on any atom is -0.383 e. The van der Waals surface area contributed by atoms with Crippen LogP contribution in [-0.4, -0.2) is 18.1 Å². The van der Waals surface area contributed by atoms with Crippen molar-refractivity contribution in [2.24, 2.45) is 0 Å². The average molecular weight is 218 g/mol. The third-order valence-electron chi connectivity index (χ3n) is 2.91. The highest BCUT2D eigenvalue weighted by Gasteiger charge is 2.22. The minimum atomic E-state index is 0.189. The van der Waals surface area contributed by atoms with Crippen molar-refractivity contribution < 1.29 is 0 Å². The zero-order valence-electron chi connectivity index (χ0n) is 10.7. The standard InChI is InChI=1S/C14H22N2/c1-10-5-6-11-8-12(16-14(2,3)4)9-15-13(11)7-10/h5-7,12,15-16H,8-9H2,1-4H3. The maximum absolute atomic E-state index is 3.65. The van der Waals surface area contributed by atoms with E-state index in [1.54, 1.807) is 0 Å². The molecule has 2 nitrogen and oxygen atoms in total. The second-order valence-electron chi connectivity index (χ2n) is 5.84. The van der Waals surface area contributed by atoms with E-state index in [4.69, 9.17) is 0 Å². The summed E-state index contributed by atoms with van der Waals surface area (Å²) in [5.74, 6) is 0. The first-order chi connectivity index (χ1) is 7.44. The van der Waals surface area contributed by atoms with Gasteiger partial charge in [-0.1, -0.05) is 12.1 Å². The molecule has 0 saturated heterocycles. The van der Waals surface area contributed by atoms with Crippen LogP contribution in [0.3, 0.4) is 0 Å². The van der Waals surface area contributed by atoms with Gasteiger partial charge < -0.3 is 10.6 Å². The predicted octanol–water partition coefficient (Wildman–Crippen LogP) is 2.72. The summed E-state index contributed by atoms with van der Waals surface area (Å²) in [6.07, 6.45) is 1.12. The summed E-state index contributed by atoms with van der Waals surface area (Å²) in [6, 6.07) is 7.21. The van der Waals surface area contributed by atoms with Crippen LogP contribution in [0.25, 0.3) is 0 Å². The molecule has 16 heavy (non-hydrogen) atoms. The van der Waals surface area contributed by atoms with E-state index in [0.717, 1.165) is 13.0 Å². The summed E-state index contributed by atoms with van der Waals surface area (Å²) < 4.78 is 0. The molecule has 1 aromatic carbocycles. The highest BCUT2D eigenvalue weighted by atomic mass is 15.0. The molecule has 0 aliphatic carbocycles. The van der Waals surface area contributed by atoms with Crippen LogP contribution < -0.4 is 10.6 Å². The molecule has 2 N–H and O–H groups in total. The molecular formula is C14H22N2. The molecular weight excluding hydrogens is 196 g/mol. The van der Waals surface area contributed by atoms with Crippen molar-refractivity contribution in [3.63, 3.8) is 0 Å². The number of nitrogens with one attached hydrogen (secondary N) is 2. The fraction of sp³-hybridized carbons (Fsp3) is 0.571. The molecule has 0 spiro atoms. The van der Waals surface area contributed by atoms with Gasteiger partial charge in [-0.25, -0.2) is 0 Å². The van der Waals surface area contributed by atoms with Gasteiger partial charge in [0.05, 0.1) is 0 Å². The molecule has 1 unspecified atom stereocenters. The summed E-state index contributed by atoms with van der Waals surface area (Å²) in [6.45, 7) is 9.82. The summed E-state index contributed by atoms with van der Waals surface area (Å²) in [4.78, 5) is 0. The molecule has 1 heterocycles. The number of aryl methyl sites for hydroxylation is 1. The Hall–Kier alpha value is -1.02. The fourth-order valence-electron chi connectivity index (χ4n) is 2.32. The smallest absolute Gasteiger partial charge is 0.0376 e. The summed E-state index contributed by atoms with van der Waals surface area (Å²) in [5.41, 5.74) is 4.26. The van der Waals surface area contributed by atoms with Gasteiger partial charge in [0.2, 0.25) is 0 Å². The number of anilines is 1. The molecule has 0 aromatic heterocycles. The first-order valence-electron chi connectivity index (χ1n) is 6.05. The van der Waals surface area contributed by atoms with Gasteiger partial charge in [-0.05, 0) is 51.3 Å². The van der Waals surface area contributed by atoms with Gasteiger partial charge in [0.15, 0.2) is 0 Å². The van der Waals surface area contributed by atoms with E-state index in [2.05, 4.69) is 56.5 Å². The van der Waals surface area contributed by atoms with Gasteiger partial charge in [-0.3, -0.25) is 0 Å². The lowest BCUT2D eigenvalue weighted by molar-refractivity contribution is 0.360. The summed E-state index contributed by atoms with van der Waals surface area (Å²) in [5, 5.41) is 7.16. The van der Waals surface area contributed by atoms with Crippen LogP contribution in [-0.2, 0) is 6.42 Å². The minimum absolute atomic E-state index is 0.189. The van der Waals surface area contributed by atoms with Crippen LogP contribution in [0.2, 0.25) is 0 Å². The Bertz CT molecular complexity index is 377. The van der Waals surface area contributed by atoms with Crippen LogP contribution in [0.15, 0.2) is 18.2 Å². The molecule has 1 aliphatic rings. The van der Waals surface area contributed by atoms with Crippen LogP contribution >= 0.6 is 0 Å². The molecule has 0 amide bonds. The van der Waals surface area contributed by atoms with Crippen molar-refractivity contribution >= 4 is 5.69 Å². The lowest BCUT2D eigenvalue weighted by Gasteiger charge is -2.33. The third-order valence-corrected chi connectivity index (χ3v) is 2.91. The zero-order chi connectivity index (χ0) is 11.8. The number of hydrogen-bond donors (Lipinski definition) is 2. The van der Waals surface area contributed by atoms with Crippen molar-refractivity contribution in [3.05, 3.63) is 29.3 Å². The van der Waals surface area contributed by atoms with Crippen LogP contribution in [0.4, 0.5) is 5.69 Å². The van der Waals surface area contributed by atoms with Gasteiger partial charge in [0.1, 0.15) is 0 Å². The van der Waals surface area contributed by atoms with Crippen molar-refractivity contribution in [3.8, 4) is 0 Å². The molecule has 1 aliphatic heterocycles. The Kier molecular flexibility index (Phi) is 2.94. The van der Waals surface area contributed by atoms with Gasteiger partial charge in [-0.2, -0.15) is 0 Å². The summed E-state index contributed by atoms with van der Waals surface area (Å²) in [7, 11) is 0. The van der Waals surface area contributed by atoms with E-state index < -0.39 is 0 Å². The SMILES string of the molecule is Cc1ccc2c(c1)NCC(NC(C)(C)C)C2. The van der Waals surface area contributed by atoms with Crippen LogP contribution in [0.5, 0.6) is 0 Å². The topological polar surface area (TPSA) is 24.1 Å². The highest BCUT2D eigenvalue weighted by molar-refractivity contribution is 5.55. The Morgan fingerprint density at radius 2 is 2.06 bits per heavy atom. The third kappa shape index (κ3) is 2.76. The van der Waals surface area contributed by atoms with Crippen LogP contribution in [0, 0.1) is 6.92 Å². The quantitative estimate of drug-likeness (QED) is 0.757. The van der Waals surface area contributed by atoms with Gasteiger partial charge in [0, 0.05) is 23.8 Å². The average Bonchev–Trinajstić information content (AvgIpc) is 2.16. The largest absolute Gasteiger partial charge is 0.383 e. The molecule has 1 atom stereocenters. The maximum atomic E-state index is 3.65. The Balaban J connectivity index is 2.09. The summed E-state index contributed by atoms with van der Waals surface area (Å²) >= 11 is 0. The van der Waals surface area contributed by atoms with E-state index in [9.17, 15) is 0 Å². The molecule has 0 radical (unpaired) electrons.